The molecule has 0 spiro atoms. The highest BCUT2D eigenvalue weighted by atomic mass is 79.9. The number of carbonyl (C=O) groups is 2. The van der Waals surface area contributed by atoms with Crippen molar-refractivity contribution in [3.8, 4) is 33.8 Å². The number of rotatable bonds is 10. The van der Waals surface area contributed by atoms with Gasteiger partial charge in [-0.25, -0.2) is 9.59 Å². The van der Waals surface area contributed by atoms with E-state index in [9.17, 15) is 29.8 Å². The number of nitro groups is 2. The van der Waals surface area contributed by atoms with Crippen LogP contribution in [0.15, 0.2) is 121 Å². The van der Waals surface area contributed by atoms with Gasteiger partial charge in [0.2, 0.25) is 0 Å². The van der Waals surface area contributed by atoms with Crippen LogP contribution in [0.1, 0.15) is 29.1 Å². The fourth-order valence-electron chi connectivity index (χ4n) is 4.51. The molecule has 0 aliphatic heterocycles. The minimum Gasteiger partial charge on any atom is -0.508 e. The molecule has 0 radical (unpaired) electrons. The molecule has 15 heteroatoms. The zero-order valence-electron chi connectivity index (χ0n) is 27.2. The van der Waals surface area contributed by atoms with Crippen LogP contribution in [0.2, 0.25) is 0 Å². The van der Waals surface area contributed by atoms with Crippen molar-refractivity contribution in [2.24, 2.45) is 0 Å². The second-order valence-electron chi connectivity index (χ2n) is 10.4. The van der Waals surface area contributed by atoms with Crippen LogP contribution in [0.25, 0.3) is 22.3 Å². The first kappa shape index (κ1) is 38.9. The molecule has 0 aliphatic rings. The topological polar surface area (TPSA) is 179 Å². The number of phenols is 1. The minimum atomic E-state index is -0.954. The molecule has 4 aromatic carbocycles. The summed E-state index contributed by atoms with van der Waals surface area (Å²) in [4.78, 5) is 45.7. The molecule has 0 atom stereocenters. The van der Waals surface area contributed by atoms with Gasteiger partial charge < -0.3 is 19.7 Å². The first-order valence-electron chi connectivity index (χ1n) is 15.0. The maximum Gasteiger partial charge on any atom is 0.348 e. The molecule has 2 N–H and O–H groups in total. The van der Waals surface area contributed by atoms with Crippen molar-refractivity contribution in [2.45, 2.75) is 11.9 Å². The van der Waals surface area contributed by atoms with Crippen molar-refractivity contribution in [1.29, 1.82) is 0 Å². The van der Waals surface area contributed by atoms with Gasteiger partial charge in [-0.3, -0.25) is 20.2 Å². The quantitative estimate of drug-likeness (QED) is 0.0586. The number of carbonyl (C=O) groups excluding carboxylic acids is 1. The maximum absolute atomic E-state index is 11.1. The van der Waals surface area contributed by atoms with E-state index in [-0.39, 0.29) is 34.6 Å². The Morgan fingerprint density at radius 3 is 1.63 bits per heavy atom. The summed E-state index contributed by atoms with van der Waals surface area (Å²) >= 11 is 5.91. The van der Waals surface area contributed by atoms with E-state index in [1.165, 1.54) is 54.0 Å². The predicted octanol–water partition coefficient (Wildman–Crippen LogP) is 10.00. The number of hydrogen-bond donors (Lipinski definition) is 2. The number of thiophene rings is 2. The molecule has 12 nitrogen and oxygen atoms in total. The van der Waals surface area contributed by atoms with Crippen molar-refractivity contribution < 1.29 is 39.1 Å². The van der Waals surface area contributed by atoms with Gasteiger partial charge in [-0.1, -0.05) is 64.5 Å². The molecule has 0 fully saturated rings. The minimum absolute atomic E-state index is 0.0518. The lowest BCUT2D eigenvalue weighted by Gasteiger charge is -2.07. The predicted molar refractivity (Wildman–Crippen MR) is 203 cm³/mol. The Morgan fingerprint density at radius 2 is 1.17 bits per heavy atom. The van der Waals surface area contributed by atoms with Gasteiger partial charge in [0.1, 0.15) is 27.9 Å². The standard InChI is InChI=1S/C18H13NO5S.C12H9NO3.C7H7BrO2S/c20-18(21)17-10-9-14(25-17)11-24-13-7-5-12(6-8-13)15-3-1-2-4-16(15)19(22)23;14-10-7-5-9(6-8-10)11-3-1-2-4-12(11)13(15)16;1-10-7(9)6-3-2-5(4-8)11-6/h1-10H,11H2,(H,20,21);1-8,14H;2-3H,4H2,1H3. The Kier molecular flexibility index (Phi) is 14.1. The fraction of sp³-hybridized carbons (Fsp3) is 0.0811. The van der Waals surface area contributed by atoms with Gasteiger partial charge >= 0.3 is 11.9 Å². The molecule has 2 heterocycles. The molecule has 0 saturated heterocycles. The van der Waals surface area contributed by atoms with Crippen LogP contribution >= 0.6 is 38.6 Å². The number of para-hydroxylation sites is 2. The van der Waals surface area contributed by atoms with Crippen LogP contribution in [0.5, 0.6) is 11.5 Å². The van der Waals surface area contributed by atoms with E-state index in [1.807, 2.05) is 6.07 Å². The first-order valence-corrected chi connectivity index (χ1v) is 17.8. The SMILES string of the molecule is COC(=O)c1ccc(CBr)s1.O=C(O)c1ccc(COc2ccc(-c3ccccc3[N+](=O)[O-])cc2)s1.O=[N+]([O-])c1ccccc1-c1ccc(O)cc1. The average molecular weight is 806 g/mol. The Labute approximate surface area is 313 Å². The lowest BCUT2D eigenvalue weighted by molar-refractivity contribution is -0.384. The molecular weight excluding hydrogens is 776 g/mol. The highest BCUT2D eigenvalue weighted by Gasteiger charge is 2.15. The third-order valence-electron chi connectivity index (χ3n) is 6.98. The smallest absolute Gasteiger partial charge is 0.348 e. The molecule has 0 amide bonds. The van der Waals surface area contributed by atoms with Gasteiger partial charge in [0, 0.05) is 27.2 Å². The number of ether oxygens (including phenoxy) is 2. The summed E-state index contributed by atoms with van der Waals surface area (Å²) in [5, 5.41) is 40.8. The van der Waals surface area contributed by atoms with Crippen molar-refractivity contribution in [3.05, 3.63) is 161 Å². The van der Waals surface area contributed by atoms with E-state index in [2.05, 4.69) is 20.7 Å². The van der Waals surface area contributed by atoms with Crippen LogP contribution in [0.4, 0.5) is 11.4 Å². The summed E-state index contributed by atoms with van der Waals surface area (Å²) in [6, 6.07) is 33.3. The second-order valence-corrected chi connectivity index (χ2v) is 13.3. The van der Waals surface area contributed by atoms with Gasteiger partial charge in [0.15, 0.2) is 0 Å². The van der Waals surface area contributed by atoms with Gasteiger partial charge in [0.25, 0.3) is 11.4 Å². The van der Waals surface area contributed by atoms with Crippen LogP contribution < -0.4 is 4.74 Å². The van der Waals surface area contributed by atoms with E-state index in [0.717, 1.165) is 20.6 Å². The summed E-state index contributed by atoms with van der Waals surface area (Å²) in [6.07, 6.45) is 0. The van der Waals surface area contributed by atoms with Crippen molar-refractivity contribution in [2.75, 3.05) is 7.11 Å². The Hall–Kier alpha value is -5.90. The molecule has 266 valence electrons. The van der Waals surface area contributed by atoms with Gasteiger partial charge in [-0.05, 0) is 71.8 Å². The third kappa shape index (κ3) is 10.8. The Morgan fingerprint density at radius 1 is 0.692 bits per heavy atom. The molecule has 0 bridgehead atoms. The van der Waals surface area contributed by atoms with Gasteiger partial charge in [-0.15, -0.1) is 22.7 Å². The summed E-state index contributed by atoms with van der Waals surface area (Å²) in [5.41, 5.74) is 2.65. The van der Waals surface area contributed by atoms with Crippen LogP contribution in [0.3, 0.4) is 0 Å². The number of benzene rings is 4. The summed E-state index contributed by atoms with van der Waals surface area (Å²) in [6.45, 7) is 0.267. The monoisotopic (exact) mass is 804 g/mol. The summed E-state index contributed by atoms with van der Waals surface area (Å²) in [7, 11) is 1.38. The third-order valence-corrected chi connectivity index (χ3v) is 10.1. The van der Waals surface area contributed by atoms with Crippen molar-refractivity contribution in [1.82, 2.24) is 0 Å². The number of alkyl halides is 1. The lowest BCUT2D eigenvalue weighted by Crippen LogP contribution is -1.96. The normalized spacial score (nSPS) is 10.1. The molecule has 2 aromatic heterocycles. The molecule has 0 aliphatic carbocycles. The number of phenolic OH excluding ortho intramolecular Hbond substituents is 1. The van der Waals surface area contributed by atoms with Crippen molar-refractivity contribution >= 4 is 61.9 Å². The summed E-state index contributed by atoms with van der Waals surface area (Å²) in [5.74, 6) is -0.470. The number of nitrogens with zero attached hydrogens (tertiary/aromatic N) is 2. The molecule has 0 unspecified atom stereocenters. The highest BCUT2D eigenvalue weighted by Crippen LogP contribution is 2.32. The van der Waals surface area contributed by atoms with Gasteiger partial charge in [0.05, 0.1) is 28.1 Å². The van der Waals surface area contributed by atoms with E-state index < -0.39 is 15.8 Å². The number of nitro benzene ring substituents is 2. The highest BCUT2D eigenvalue weighted by molar-refractivity contribution is 9.08. The molecule has 6 aromatic rings. The largest absolute Gasteiger partial charge is 0.508 e. The molecular formula is C37H29BrN2O10S2. The van der Waals surface area contributed by atoms with E-state index >= 15 is 0 Å². The van der Waals surface area contributed by atoms with Crippen molar-refractivity contribution in [3.63, 3.8) is 0 Å². The number of aromatic carboxylic acids is 1. The zero-order chi connectivity index (χ0) is 37.6. The van der Waals surface area contributed by atoms with E-state index in [4.69, 9.17) is 14.9 Å². The molecule has 0 saturated carbocycles. The molecule has 6 rings (SSSR count). The number of halogens is 1. The van der Waals surface area contributed by atoms with E-state index in [1.54, 1.807) is 91.0 Å². The van der Waals surface area contributed by atoms with Crippen LogP contribution in [-0.2, 0) is 16.7 Å². The number of hydrogen-bond acceptors (Lipinski definition) is 11. The number of methoxy groups -OCH3 is 1. The maximum atomic E-state index is 11.1. The molecule has 52 heavy (non-hydrogen) atoms. The number of esters is 1. The number of aromatic hydroxyl groups is 1. The number of carboxylic acids is 1. The fourth-order valence-corrected chi connectivity index (χ4v) is 6.58. The lowest BCUT2D eigenvalue weighted by atomic mass is 10.0. The second kappa shape index (κ2) is 18.9. The van der Waals surface area contributed by atoms with Crippen LogP contribution in [0, 0.1) is 20.2 Å². The average Bonchev–Trinajstić information content (AvgIpc) is 3.86. The van der Waals surface area contributed by atoms with Gasteiger partial charge in [-0.2, -0.15) is 0 Å². The number of carboxylic acid groups (broad SMARTS) is 1. The zero-order valence-corrected chi connectivity index (χ0v) is 30.4. The Balaban J connectivity index is 0.000000191. The summed E-state index contributed by atoms with van der Waals surface area (Å²) < 4.78 is 10.2. The Bertz CT molecular complexity index is 2150. The first-order chi connectivity index (χ1) is 25.0. The van der Waals surface area contributed by atoms with Crippen LogP contribution in [-0.4, -0.2) is 39.1 Å². The van der Waals surface area contributed by atoms with E-state index in [0.29, 0.717) is 27.3 Å².